The molecule has 0 amide bonds. The van der Waals surface area contributed by atoms with Gasteiger partial charge < -0.3 is 5.11 Å². The van der Waals surface area contributed by atoms with E-state index in [1.807, 2.05) is 32.9 Å². The van der Waals surface area contributed by atoms with E-state index >= 15 is 0 Å². The van der Waals surface area contributed by atoms with Crippen LogP contribution in [0.2, 0.25) is 0 Å². The summed E-state index contributed by atoms with van der Waals surface area (Å²) in [4.78, 5) is 11.1. The Morgan fingerprint density at radius 1 is 1.25 bits per heavy atom. The average molecular weight is 299 g/mol. The van der Waals surface area contributed by atoms with Gasteiger partial charge in [-0.2, -0.15) is 0 Å². The monoisotopic (exact) mass is 299 g/mol. The van der Waals surface area contributed by atoms with Gasteiger partial charge >= 0.3 is 5.97 Å². The fourth-order valence-electron chi connectivity index (χ4n) is 1.83. The van der Waals surface area contributed by atoms with E-state index in [9.17, 15) is 13.2 Å². The number of carboxylic acid groups (broad SMARTS) is 1. The first-order chi connectivity index (χ1) is 9.19. The van der Waals surface area contributed by atoms with Crippen molar-refractivity contribution < 1.29 is 18.3 Å². The molecule has 112 valence electrons. The summed E-state index contributed by atoms with van der Waals surface area (Å²) < 4.78 is 26.3. The molecule has 2 N–H and O–H groups in total. The number of nitrogens with one attached hydrogen (secondary N) is 1. The van der Waals surface area contributed by atoms with Gasteiger partial charge in [-0.15, -0.1) is 0 Å². The Morgan fingerprint density at radius 3 is 2.25 bits per heavy atom. The summed E-state index contributed by atoms with van der Waals surface area (Å²) in [5.41, 5.74) is 1.68. The third kappa shape index (κ3) is 5.71. The summed E-state index contributed by atoms with van der Waals surface area (Å²) in [6.45, 7) is 5.62. The molecule has 0 bridgehead atoms. The summed E-state index contributed by atoms with van der Waals surface area (Å²) in [6.07, 6.45) is 0.266. The highest BCUT2D eigenvalue weighted by Gasteiger charge is 2.24. The minimum absolute atomic E-state index is 0.0955. The maximum Gasteiger partial charge on any atom is 0.321 e. The predicted molar refractivity (Wildman–Crippen MR) is 77.8 cm³/mol. The van der Waals surface area contributed by atoms with Gasteiger partial charge in [-0.1, -0.05) is 43.7 Å². The smallest absolute Gasteiger partial charge is 0.321 e. The van der Waals surface area contributed by atoms with Crippen LogP contribution in [0.1, 0.15) is 31.4 Å². The zero-order valence-electron chi connectivity index (χ0n) is 12.0. The largest absolute Gasteiger partial charge is 0.480 e. The Morgan fingerprint density at radius 2 is 1.80 bits per heavy atom. The normalized spacial score (nSPS) is 13.4. The zero-order valence-corrected chi connectivity index (χ0v) is 12.8. The fourth-order valence-corrected chi connectivity index (χ4v) is 3.18. The van der Waals surface area contributed by atoms with Gasteiger partial charge in [-0.25, -0.2) is 13.1 Å². The number of rotatable bonds is 7. The first kappa shape index (κ1) is 16.7. The van der Waals surface area contributed by atoms with E-state index in [0.29, 0.717) is 5.56 Å². The minimum atomic E-state index is -3.67. The topological polar surface area (TPSA) is 83.5 Å². The molecule has 0 aliphatic rings. The Labute approximate surface area is 120 Å². The third-order valence-corrected chi connectivity index (χ3v) is 4.16. The van der Waals surface area contributed by atoms with E-state index in [2.05, 4.69) is 4.72 Å². The Balaban J connectivity index is 2.77. The number of hydrogen-bond donors (Lipinski definition) is 2. The van der Waals surface area contributed by atoms with Gasteiger partial charge in [0.05, 0.1) is 5.75 Å². The van der Waals surface area contributed by atoms with Crippen LogP contribution in [0.15, 0.2) is 24.3 Å². The van der Waals surface area contributed by atoms with Crippen molar-refractivity contribution in [3.05, 3.63) is 35.4 Å². The molecular weight excluding hydrogens is 278 g/mol. The van der Waals surface area contributed by atoms with Crippen LogP contribution in [0, 0.1) is 12.8 Å². The molecule has 0 saturated heterocycles. The van der Waals surface area contributed by atoms with E-state index in [1.54, 1.807) is 12.1 Å². The lowest BCUT2D eigenvalue weighted by Crippen LogP contribution is -2.42. The number of benzene rings is 1. The first-order valence-electron chi connectivity index (χ1n) is 6.48. The Hall–Kier alpha value is -1.40. The summed E-state index contributed by atoms with van der Waals surface area (Å²) in [7, 11) is -3.67. The van der Waals surface area contributed by atoms with Crippen LogP contribution in [-0.2, 0) is 20.6 Å². The van der Waals surface area contributed by atoms with Gasteiger partial charge in [0, 0.05) is 0 Å². The van der Waals surface area contributed by atoms with Crippen LogP contribution in [0.3, 0.4) is 0 Å². The molecule has 5 nitrogen and oxygen atoms in total. The fraction of sp³-hybridized carbons (Fsp3) is 0.500. The number of sulfonamides is 1. The van der Waals surface area contributed by atoms with Gasteiger partial charge in [0.2, 0.25) is 10.0 Å². The van der Waals surface area contributed by atoms with E-state index in [-0.39, 0.29) is 18.1 Å². The van der Waals surface area contributed by atoms with Crippen molar-refractivity contribution in [1.29, 1.82) is 0 Å². The summed E-state index contributed by atoms with van der Waals surface area (Å²) in [5.74, 6) is -1.26. The maximum atomic E-state index is 12.0. The van der Waals surface area contributed by atoms with Crippen LogP contribution < -0.4 is 4.72 Å². The number of carbonyl (C=O) groups is 1. The number of carboxylic acids is 1. The average Bonchev–Trinajstić information content (AvgIpc) is 2.30. The van der Waals surface area contributed by atoms with Crippen molar-refractivity contribution in [3.8, 4) is 0 Å². The molecule has 1 atom stereocenters. The maximum absolute atomic E-state index is 12.0. The lowest BCUT2D eigenvalue weighted by Gasteiger charge is -2.16. The molecule has 0 aliphatic carbocycles. The molecule has 20 heavy (non-hydrogen) atoms. The van der Waals surface area contributed by atoms with Gasteiger partial charge in [0.1, 0.15) is 6.04 Å². The van der Waals surface area contributed by atoms with Crippen LogP contribution in [0.4, 0.5) is 0 Å². The van der Waals surface area contributed by atoms with Crippen LogP contribution >= 0.6 is 0 Å². The molecule has 0 radical (unpaired) electrons. The molecule has 1 unspecified atom stereocenters. The highest BCUT2D eigenvalue weighted by atomic mass is 32.2. The lowest BCUT2D eigenvalue weighted by molar-refractivity contribution is -0.139. The Kier molecular flexibility index (Phi) is 5.71. The highest BCUT2D eigenvalue weighted by molar-refractivity contribution is 7.88. The lowest BCUT2D eigenvalue weighted by atomic mass is 10.1. The SMILES string of the molecule is Cc1ccc(CS(=O)(=O)NC(CC(C)C)C(=O)O)cc1. The number of aliphatic carboxylic acids is 1. The molecule has 0 aliphatic heterocycles. The molecule has 0 heterocycles. The quantitative estimate of drug-likeness (QED) is 0.805. The van der Waals surface area contributed by atoms with Gasteiger partial charge in [-0.05, 0) is 24.8 Å². The molecule has 0 saturated carbocycles. The van der Waals surface area contributed by atoms with Crippen molar-refractivity contribution >= 4 is 16.0 Å². The van der Waals surface area contributed by atoms with E-state index in [1.165, 1.54) is 0 Å². The molecule has 0 aromatic heterocycles. The predicted octanol–water partition coefficient (Wildman–Crippen LogP) is 1.91. The molecule has 0 spiro atoms. The minimum Gasteiger partial charge on any atom is -0.480 e. The standard InChI is InChI=1S/C14H21NO4S/c1-10(2)8-13(14(16)17)15-20(18,19)9-12-6-4-11(3)5-7-12/h4-7,10,13,15H,8-9H2,1-3H3,(H,16,17). The second-order valence-electron chi connectivity index (χ2n) is 5.38. The molecule has 1 rings (SSSR count). The Bertz CT molecular complexity index is 549. The van der Waals surface area contributed by atoms with E-state index < -0.39 is 22.0 Å². The summed E-state index contributed by atoms with van der Waals surface area (Å²) >= 11 is 0. The molecule has 1 aromatic rings. The third-order valence-electron chi connectivity index (χ3n) is 2.80. The molecular formula is C14H21NO4S. The van der Waals surface area contributed by atoms with Crippen molar-refractivity contribution in [2.75, 3.05) is 0 Å². The van der Waals surface area contributed by atoms with E-state index in [4.69, 9.17) is 5.11 Å². The molecule has 6 heteroatoms. The number of hydrogen-bond acceptors (Lipinski definition) is 3. The van der Waals surface area contributed by atoms with Crippen LogP contribution in [0.5, 0.6) is 0 Å². The second kappa shape index (κ2) is 6.85. The van der Waals surface area contributed by atoms with E-state index in [0.717, 1.165) is 5.56 Å². The summed E-state index contributed by atoms with van der Waals surface area (Å²) in [5, 5.41) is 9.06. The van der Waals surface area contributed by atoms with Gasteiger partial charge in [-0.3, -0.25) is 4.79 Å². The van der Waals surface area contributed by atoms with Crippen LogP contribution in [0.25, 0.3) is 0 Å². The number of aryl methyl sites for hydroxylation is 1. The van der Waals surface area contributed by atoms with Crippen molar-refractivity contribution in [2.24, 2.45) is 5.92 Å². The van der Waals surface area contributed by atoms with Gasteiger partial charge in [0.25, 0.3) is 0 Å². The van der Waals surface area contributed by atoms with Crippen molar-refractivity contribution in [1.82, 2.24) is 4.72 Å². The molecule has 1 aromatic carbocycles. The molecule has 0 fully saturated rings. The van der Waals surface area contributed by atoms with Gasteiger partial charge in [0.15, 0.2) is 0 Å². The van der Waals surface area contributed by atoms with Crippen LogP contribution in [-0.4, -0.2) is 25.5 Å². The first-order valence-corrected chi connectivity index (χ1v) is 8.13. The van der Waals surface area contributed by atoms with Crippen molar-refractivity contribution in [2.45, 2.75) is 39.0 Å². The van der Waals surface area contributed by atoms with Crippen molar-refractivity contribution in [3.63, 3.8) is 0 Å². The summed E-state index contributed by atoms with van der Waals surface area (Å²) in [6, 6.07) is 6.03. The highest BCUT2D eigenvalue weighted by Crippen LogP contribution is 2.10. The second-order valence-corrected chi connectivity index (χ2v) is 7.14. The zero-order chi connectivity index (χ0) is 15.3.